The molecule has 0 radical (unpaired) electrons. The van der Waals surface area contributed by atoms with Crippen LogP contribution in [0.2, 0.25) is 0 Å². The summed E-state index contributed by atoms with van der Waals surface area (Å²) in [6.45, 7) is 4.31. The van der Waals surface area contributed by atoms with Crippen molar-refractivity contribution < 1.29 is 0 Å². The lowest BCUT2D eigenvalue weighted by atomic mass is 10.0. The van der Waals surface area contributed by atoms with Gasteiger partial charge in [-0.2, -0.15) is 0 Å². The largest absolute Gasteiger partial charge is 0.0795 e. The average molecular weight is 301 g/mol. The van der Waals surface area contributed by atoms with Crippen LogP contribution in [0.5, 0.6) is 0 Å². The fraction of sp³-hybridized carbons (Fsp3) is 0.176. The molecule has 1 heteroatoms. The zero-order valence-electron chi connectivity index (χ0n) is 10.8. The zero-order chi connectivity index (χ0) is 13.0. The molecule has 0 aliphatic carbocycles. The third-order valence-corrected chi connectivity index (χ3v) is 3.55. The van der Waals surface area contributed by atoms with Crippen LogP contribution in [0, 0.1) is 13.8 Å². The van der Waals surface area contributed by atoms with Crippen molar-refractivity contribution in [3.8, 4) is 0 Å². The van der Waals surface area contributed by atoms with Gasteiger partial charge in [-0.15, -0.1) is 0 Å². The minimum Gasteiger partial charge on any atom is -0.0795 e. The molecule has 0 aliphatic rings. The maximum atomic E-state index is 3.44. The lowest BCUT2D eigenvalue weighted by Gasteiger charge is -2.04. The molecule has 0 spiro atoms. The summed E-state index contributed by atoms with van der Waals surface area (Å²) < 4.78 is 1.12. The van der Waals surface area contributed by atoms with Gasteiger partial charge >= 0.3 is 0 Å². The maximum absolute atomic E-state index is 3.44. The summed E-state index contributed by atoms with van der Waals surface area (Å²) in [6.07, 6.45) is 5.39. The Bertz CT molecular complexity index is 550. The molecule has 0 aromatic heterocycles. The SMILES string of the molecule is Cc1ccc(C)c(C/C=C/c2ccc(Br)cc2)c1. The Balaban J connectivity index is 2.07. The molecule has 0 N–H and O–H groups in total. The standard InChI is InChI=1S/C17H17Br/c1-13-6-7-14(2)16(12-13)5-3-4-15-8-10-17(18)11-9-15/h3-4,6-12H,5H2,1-2H3/b4-3+. The lowest BCUT2D eigenvalue weighted by molar-refractivity contribution is 1.20. The number of allylic oxidation sites excluding steroid dienone is 1. The van der Waals surface area contributed by atoms with Gasteiger partial charge < -0.3 is 0 Å². The van der Waals surface area contributed by atoms with E-state index in [2.05, 4.69) is 84.4 Å². The molecule has 0 amide bonds. The number of benzene rings is 2. The predicted molar refractivity (Wildman–Crippen MR) is 82.8 cm³/mol. The highest BCUT2D eigenvalue weighted by molar-refractivity contribution is 9.10. The highest BCUT2D eigenvalue weighted by Gasteiger charge is 1.96. The van der Waals surface area contributed by atoms with Crippen LogP contribution < -0.4 is 0 Å². The maximum Gasteiger partial charge on any atom is 0.0175 e. The molecule has 0 saturated carbocycles. The minimum absolute atomic E-state index is 0.990. The monoisotopic (exact) mass is 300 g/mol. The lowest BCUT2D eigenvalue weighted by Crippen LogP contribution is -1.87. The van der Waals surface area contributed by atoms with E-state index in [9.17, 15) is 0 Å². The Morgan fingerprint density at radius 2 is 1.72 bits per heavy atom. The van der Waals surface area contributed by atoms with Crippen LogP contribution in [0.25, 0.3) is 6.08 Å². The van der Waals surface area contributed by atoms with Gasteiger partial charge in [-0.05, 0) is 49.1 Å². The number of rotatable bonds is 3. The van der Waals surface area contributed by atoms with Crippen molar-refractivity contribution in [3.05, 3.63) is 75.3 Å². The molecular formula is C17H17Br. The van der Waals surface area contributed by atoms with Crippen molar-refractivity contribution in [2.45, 2.75) is 20.3 Å². The molecule has 0 aliphatic heterocycles. The van der Waals surface area contributed by atoms with Crippen molar-refractivity contribution in [2.75, 3.05) is 0 Å². The molecule has 0 atom stereocenters. The van der Waals surface area contributed by atoms with Crippen LogP contribution in [-0.4, -0.2) is 0 Å². The molecular weight excluding hydrogens is 284 g/mol. The molecule has 92 valence electrons. The summed E-state index contributed by atoms with van der Waals surface area (Å²) in [6, 6.07) is 15.0. The third-order valence-electron chi connectivity index (χ3n) is 3.02. The van der Waals surface area contributed by atoms with Gasteiger partial charge in [0.05, 0.1) is 0 Å². The van der Waals surface area contributed by atoms with E-state index in [0.717, 1.165) is 10.9 Å². The van der Waals surface area contributed by atoms with Crippen LogP contribution in [-0.2, 0) is 6.42 Å². The second-order valence-corrected chi connectivity index (χ2v) is 5.50. The normalized spacial score (nSPS) is 11.1. The summed E-state index contributed by atoms with van der Waals surface area (Å²) in [5.41, 5.74) is 5.33. The summed E-state index contributed by atoms with van der Waals surface area (Å²) in [7, 11) is 0. The van der Waals surface area contributed by atoms with Crippen LogP contribution in [0.1, 0.15) is 22.3 Å². The second kappa shape index (κ2) is 6.01. The van der Waals surface area contributed by atoms with E-state index in [-0.39, 0.29) is 0 Å². The van der Waals surface area contributed by atoms with Gasteiger partial charge in [-0.1, -0.05) is 64.0 Å². The molecule has 0 heterocycles. The van der Waals surface area contributed by atoms with E-state index in [1.54, 1.807) is 0 Å². The Morgan fingerprint density at radius 3 is 2.44 bits per heavy atom. The van der Waals surface area contributed by atoms with Crippen LogP contribution in [0.15, 0.2) is 53.0 Å². The molecule has 2 aromatic rings. The highest BCUT2D eigenvalue weighted by atomic mass is 79.9. The van der Waals surface area contributed by atoms with Crippen molar-refractivity contribution >= 4 is 22.0 Å². The topological polar surface area (TPSA) is 0 Å². The molecule has 18 heavy (non-hydrogen) atoms. The third kappa shape index (κ3) is 3.58. The Kier molecular flexibility index (Phi) is 4.38. The summed E-state index contributed by atoms with van der Waals surface area (Å²) in [4.78, 5) is 0. The summed E-state index contributed by atoms with van der Waals surface area (Å²) in [5, 5.41) is 0. The molecule has 0 saturated heterocycles. The minimum atomic E-state index is 0.990. The first kappa shape index (κ1) is 13.1. The van der Waals surface area contributed by atoms with Gasteiger partial charge in [-0.3, -0.25) is 0 Å². The van der Waals surface area contributed by atoms with E-state index in [1.165, 1.54) is 22.3 Å². The molecule has 0 fully saturated rings. The number of aryl methyl sites for hydroxylation is 2. The van der Waals surface area contributed by atoms with E-state index in [4.69, 9.17) is 0 Å². The Morgan fingerprint density at radius 1 is 1.00 bits per heavy atom. The van der Waals surface area contributed by atoms with Crippen molar-refractivity contribution in [2.24, 2.45) is 0 Å². The van der Waals surface area contributed by atoms with Crippen molar-refractivity contribution in [1.29, 1.82) is 0 Å². The molecule has 0 bridgehead atoms. The van der Waals surface area contributed by atoms with Gasteiger partial charge in [0.1, 0.15) is 0 Å². The first-order valence-electron chi connectivity index (χ1n) is 6.13. The summed E-state index contributed by atoms with van der Waals surface area (Å²) in [5.74, 6) is 0. The fourth-order valence-corrected chi connectivity index (χ4v) is 2.18. The van der Waals surface area contributed by atoms with Gasteiger partial charge in [-0.25, -0.2) is 0 Å². The van der Waals surface area contributed by atoms with Crippen LogP contribution in [0.4, 0.5) is 0 Å². The fourth-order valence-electron chi connectivity index (χ4n) is 1.92. The van der Waals surface area contributed by atoms with E-state index < -0.39 is 0 Å². The predicted octanol–water partition coefficient (Wildman–Crippen LogP) is 5.32. The molecule has 0 unspecified atom stereocenters. The van der Waals surface area contributed by atoms with Crippen molar-refractivity contribution in [1.82, 2.24) is 0 Å². The summed E-state index contributed by atoms with van der Waals surface area (Å²) >= 11 is 3.44. The zero-order valence-corrected chi connectivity index (χ0v) is 12.4. The molecule has 2 aromatic carbocycles. The number of hydrogen-bond donors (Lipinski definition) is 0. The molecule has 0 nitrogen and oxygen atoms in total. The average Bonchev–Trinajstić information content (AvgIpc) is 2.36. The molecule has 2 rings (SSSR count). The Hall–Kier alpha value is -1.34. The van der Waals surface area contributed by atoms with Crippen molar-refractivity contribution in [3.63, 3.8) is 0 Å². The number of halogens is 1. The van der Waals surface area contributed by atoms with Gasteiger partial charge in [0, 0.05) is 4.47 Å². The smallest absolute Gasteiger partial charge is 0.0175 e. The van der Waals surface area contributed by atoms with Crippen LogP contribution >= 0.6 is 15.9 Å². The highest BCUT2D eigenvalue weighted by Crippen LogP contribution is 2.14. The van der Waals surface area contributed by atoms with Crippen LogP contribution in [0.3, 0.4) is 0 Å². The number of hydrogen-bond acceptors (Lipinski definition) is 0. The quantitative estimate of drug-likeness (QED) is 0.719. The first-order valence-corrected chi connectivity index (χ1v) is 6.93. The van der Waals surface area contributed by atoms with Gasteiger partial charge in [0.15, 0.2) is 0 Å². The first-order chi connectivity index (χ1) is 8.65. The van der Waals surface area contributed by atoms with E-state index >= 15 is 0 Å². The van der Waals surface area contributed by atoms with E-state index in [0.29, 0.717) is 0 Å². The second-order valence-electron chi connectivity index (χ2n) is 4.59. The van der Waals surface area contributed by atoms with Gasteiger partial charge in [0.2, 0.25) is 0 Å². The Labute approximate surface area is 117 Å². The van der Waals surface area contributed by atoms with Gasteiger partial charge in [0.25, 0.3) is 0 Å². The van der Waals surface area contributed by atoms with E-state index in [1.807, 2.05) is 0 Å².